The monoisotopic (exact) mass is 458 g/mol. The minimum atomic E-state index is -0.655. The molecule has 184 valence electrons. The number of cyclic esters (lactones) is 1. The van der Waals surface area contributed by atoms with E-state index in [9.17, 15) is 14.7 Å². The van der Waals surface area contributed by atoms with Crippen molar-refractivity contribution in [3.63, 3.8) is 0 Å². The number of nitrogens with one attached hydrogen (secondary N) is 1. The highest BCUT2D eigenvalue weighted by molar-refractivity contribution is 5.83. The number of carbonyl (C=O) groups is 2. The zero-order valence-electron chi connectivity index (χ0n) is 20.6. The van der Waals surface area contributed by atoms with Crippen molar-refractivity contribution >= 4 is 11.9 Å². The van der Waals surface area contributed by atoms with Crippen LogP contribution in [0.2, 0.25) is 0 Å². The van der Waals surface area contributed by atoms with E-state index < -0.39 is 5.60 Å². The van der Waals surface area contributed by atoms with E-state index in [1.807, 2.05) is 0 Å². The van der Waals surface area contributed by atoms with Crippen molar-refractivity contribution in [2.24, 2.45) is 45.7 Å². The summed E-state index contributed by atoms with van der Waals surface area (Å²) in [4.78, 5) is 23.5. The van der Waals surface area contributed by atoms with Crippen LogP contribution in [0.5, 0.6) is 0 Å². The van der Waals surface area contributed by atoms with Crippen LogP contribution in [-0.4, -0.2) is 41.8 Å². The Hall–Kier alpha value is -1.40. The Labute approximate surface area is 198 Å². The van der Waals surface area contributed by atoms with Gasteiger partial charge in [-0.2, -0.15) is 0 Å². The molecule has 0 saturated heterocycles. The van der Waals surface area contributed by atoms with Crippen molar-refractivity contribution in [2.45, 2.75) is 90.2 Å². The van der Waals surface area contributed by atoms with Gasteiger partial charge in [0.2, 0.25) is 5.91 Å². The van der Waals surface area contributed by atoms with Crippen LogP contribution in [0.1, 0.15) is 78.6 Å². The Kier molecular flexibility index (Phi) is 5.52. The molecular formula is C27H42N2O4. The summed E-state index contributed by atoms with van der Waals surface area (Å²) in [6, 6.07) is 0.240. The molecule has 0 spiro atoms. The summed E-state index contributed by atoms with van der Waals surface area (Å²) in [6.07, 6.45) is 13.0. The second-order valence-corrected chi connectivity index (χ2v) is 12.7. The molecule has 0 aromatic heterocycles. The summed E-state index contributed by atoms with van der Waals surface area (Å²) in [6.45, 7) is 7.48. The van der Waals surface area contributed by atoms with Gasteiger partial charge in [0.15, 0.2) is 0 Å². The molecule has 4 fully saturated rings. The molecule has 1 unspecified atom stereocenters. The Morgan fingerprint density at radius 2 is 1.91 bits per heavy atom. The van der Waals surface area contributed by atoms with E-state index in [4.69, 9.17) is 10.5 Å². The molecule has 4 N–H and O–H groups in total. The van der Waals surface area contributed by atoms with Gasteiger partial charge in [-0.3, -0.25) is 4.79 Å². The van der Waals surface area contributed by atoms with Crippen molar-refractivity contribution in [3.05, 3.63) is 12.2 Å². The SMILES string of the molecule is CC1([C@H]2CC[C@]3(O)[C@@H]4CC[C@@H]5C[C@H](NC(=O)CN)CC[C@]5(C)[C@H]4CC[C@]23C)C=CC(=O)OC1. The van der Waals surface area contributed by atoms with Gasteiger partial charge in [-0.15, -0.1) is 0 Å². The van der Waals surface area contributed by atoms with Gasteiger partial charge in [0.25, 0.3) is 0 Å². The second-order valence-electron chi connectivity index (χ2n) is 12.7. The summed E-state index contributed by atoms with van der Waals surface area (Å²) in [7, 11) is 0. The number of carbonyl (C=O) groups excluding carboxylic acids is 2. The minimum absolute atomic E-state index is 0.0482. The van der Waals surface area contributed by atoms with Crippen LogP contribution in [0.3, 0.4) is 0 Å². The fourth-order valence-corrected chi connectivity index (χ4v) is 9.50. The zero-order chi connectivity index (χ0) is 23.6. The topological polar surface area (TPSA) is 102 Å². The summed E-state index contributed by atoms with van der Waals surface area (Å²) < 4.78 is 5.46. The van der Waals surface area contributed by atoms with E-state index in [0.29, 0.717) is 30.3 Å². The molecular weight excluding hydrogens is 416 g/mol. The highest BCUT2D eigenvalue weighted by atomic mass is 16.5. The summed E-state index contributed by atoms with van der Waals surface area (Å²) in [5.74, 6) is 1.47. The molecule has 0 aromatic carbocycles. The number of hydrogen-bond acceptors (Lipinski definition) is 5. The van der Waals surface area contributed by atoms with Crippen LogP contribution < -0.4 is 11.1 Å². The van der Waals surface area contributed by atoms with Gasteiger partial charge < -0.3 is 20.9 Å². The smallest absolute Gasteiger partial charge is 0.330 e. The van der Waals surface area contributed by atoms with E-state index >= 15 is 0 Å². The van der Waals surface area contributed by atoms with Gasteiger partial charge in [-0.1, -0.05) is 26.8 Å². The lowest BCUT2D eigenvalue weighted by atomic mass is 9.42. The molecule has 0 radical (unpaired) electrons. The third-order valence-electron chi connectivity index (χ3n) is 11.3. The van der Waals surface area contributed by atoms with E-state index in [1.54, 1.807) is 6.08 Å². The van der Waals surface area contributed by atoms with Crippen molar-refractivity contribution in [2.75, 3.05) is 13.2 Å². The molecule has 0 bridgehead atoms. The number of esters is 1. The van der Waals surface area contributed by atoms with Gasteiger partial charge in [0.05, 0.1) is 12.1 Å². The molecule has 6 nitrogen and oxygen atoms in total. The van der Waals surface area contributed by atoms with Crippen LogP contribution in [0, 0.1) is 39.9 Å². The molecule has 1 aliphatic heterocycles. The van der Waals surface area contributed by atoms with Crippen LogP contribution in [-0.2, 0) is 14.3 Å². The van der Waals surface area contributed by atoms with Gasteiger partial charge in [-0.25, -0.2) is 4.79 Å². The molecule has 33 heavy (non-hydrogen) atoms. The quantitative estimate of drug-likeness (QED) is 0.563. The first-order chi connectivity index (χ1) is 15.6. The maximum atomic E-state index is 12.4. The maximum Gasteiger partial charge on any atom is 0.330 e. The third-order valence-corrected chi connectivity index (χ3v) is 11.3. The lowest BCUT2D eigenvalue weighted by Crippen LogP contribution is -2.63. The first-order valence-electron chi connectivity index (χ1n) is 13.1. The first kappa shape index (κ1) is 23.3. The molecule has 0 aromatic rings. The molecule has 5 aliphatic rings. The molecule has 4 saturated carbocycles. The molecule has 1 heterocycles. The van der Waals surface area contributed by atoms with Gasteiger partial charge in [0.1, 0.15) is 6.61 Å². The predicted octanol–water partition coefficient (Wildman–Crippen LogP) is 3.32. The number of hydrogen-bond donors (Lipinski definition) is 3. The molecule has 4 aliphatic carbocycles. The fourth-order valence-electron chi connectivity index (χ4n) is 9.50. The maximum absolute atomic E-state index is 12.4. The number of fused-ring (bicyclic) bond motifs is 5. The van der Waals surface area contributed by atoms with E-state index in [2.05, 4.69) is 32.2 Å². The average molecular weight is 459 g/mol. The van der Waals surface area contributed by atoms with Crippen molar-refractivity contribution in [1.29, 1.82) is 0 Å². The Morgan fingerprint density at radius 1 is 1.12 bits per heavy atom. The Bertz CT molecular complexity index is 859. The Morgan fingerprint density at radius 3 is 2.61 bits per heavy atom. The van der Waals surface area contributed by atoms with Crippen molar-refractivity contribution in [3.8, 4) is 0 Å². The largest absolute Gasteiger partial charge is 0.462 e. The van der Waals surface area contributed by atoms with Crippen molar-refractivity contribution in [1.82, 2.24) is 5.32 Å². The normalized spacial score (nSPS) is 51.2. The summed E-state index contributed by atoms with van der Waals surface area (Å²) >= 11 is 0. The molecule has 9 atom stereocenters. The van der Waals surface area contributed by atoms with E-state index in [0.717, 1.165) is 57.8 Å². The zero-order valence-corrected chi connectivity index (χ0v) is 20.6. The molecule has 6 heteroatoms. The minimum Gasteiger partial charge on any atom is -0.462 e. The summed E-state index contributed by atoms with van der Waals surface area (Å²) in [5.41, 5.74) is 4.73. The van der Waals surface area contributed by atoms with Crippen LogP contribution in [0.25, 0.3) is 0 Å². The number of rotatable bonds is 3. The fraction of sp³-hybridized carbons (Fsp3) is 0.852. The predicted molar refractivity (Wildman–Crippen MR) is 126 cm³/mol. The standard InChI is InChI=1S/C27H42N2O4/c1-24(10-9-23(31)33-16-24)21-8-13-27(32)20-5-4-17-14-18(29-22(30)15-28)6-11-25(17,2)19(20)7-12-26(21,27)3/h9-10,17-21,32H,4-8,11-16,28H2,1-3H3,(H,29,30)/t17-,18-,19+,20-,21-,24?,25+,26-,27+/m1/s1. The van der Waals surface area contributed by atoms with E-state index in [-0.39, 0.29) is 40.7 Å². The van der Waals surface area contributed by atoms with Gasteiger partial charge in [0, 0.05) is 22.9 Å². The first-order valence-corrected chi connectivity index (χ1v) is 13.1. The van der Waals surface area contributed by atoms with E-state index in [1.165, 1.54) is 0 Å². The third kappa shape index (κ3) is 3.34. The number of aliphatic hydroxyl groups is 1. The highest BCUT2D eigenvalue weighted by Crippen LogP contribution is 2.71. The Balaban J connectivity index is 1.38. The number of ether oxygens (including phenoxy) is 1. The highest BCUT2D eigenvalue weighted by Gasteiger charge is 2.69. The second kappa shape index (κ2) is 7.81. The number of amides is 1. The lowest BCUT2D eigenvalue weighted by molar-refractivity contribution is -0.214. The molecule has 1 amide bonds. The van der Waals surface area contributed by atoms with Gasteiger partial charge in [-0.05, 0) is 86.9 Å². The summed E-state index contributed by atoms with van der Waals surface area (Å²) in [5, 5.41) is 15.6. The lowest BCUT2D eigenvalue weighted by Gasteiger charge is -2.64. The number of nitrogens with two attached hydrogens (primary N) is 1. The van der Waals surface area contributed by atoms with Crippen LogP contribution in [0.15, 0.2) is 12.2 Å². The van der Waals surface area contributed by atoms with Crippen LogP contribution >= 0.6 is 0 Å². The van der Waals surface area contributed by atoms with Crippen molar-refractivity contribution < 1.29 is 19.4 Å². The average Bonchev–Trinajstić information content (AvgIpc) is 3.08. The molecule has 5 rings (SSSR count). The van der Waals surface area contributed by atoms with Gasteiger partial charge >= 0.3 is 5.97 Å². The van der Waals surface area contributed by atoms with Crippen LogP contribution in [0.4, 0.5) is 0 Å².